The molecule has 2 amide bonds. The number of thioether (sulfide) groups is 1. The van der Waals surface area contributed by atoms with Crippen molar-refractivity contribution in [3.63, 3.8) is 0 Å². The molecule has 0 aromatic heterocycles. The van der Waals surface area contributed by atoms with E-state index in [1.165, 1.54) is 10.5 Å². The Morgan fingerprint density at radius 3 is 2.07 bits per heavy atom. The Hall–Kier alpha value is -1.63. The average molecular weight is 390 g/mol. The second-order valence-corrected chi connectivity index (χ2v) is 8.33. The number of aliphatic hydroxyl groups excluding tert-OH is 2. The van der Waals surface area contributed by atoms with E-state index in [9.17, 15) is 19.8 Å². The summed E-state index contributed by atoms with van der Waals surface area (Å²) in [6.45, 7) is 4.33. The van der Waals surface area contributed by atoms with Crippen LogP contribution in [0.4, 0.5) is 4.79 Å². The molecular weight excluding hydrogens is 362 g/mol. The molecule has 146 valence electrons. The van der Waals surface area contributed by atoms with E-state index in [1.807, 2.05) is 24.3 Å². The van der Waals surface area contributed by atoms with Crippen molar-refractivity contribution in [2.75, 3.05) is 6.54 Å². The molecular formula is C21H27NO4S. The van der Waals surface area contributed by atoms with E-state index in [0.29, 0.717) is 23.3 Å². The summed E-state index contributed by atoms with van der Waals surface area (Å²) in [6.07, 6.45) is 5.29. The third-order valence-electron chi connectivity index (χ3n) is 5.71. The SMILES string of the molecule is CCc1ccc(/C=C2\SC(=O)N(CC)C2=O)cc1.OC1C2CCC(C2)C1O. The topological polar surface area (TPSA) is 77.8 Å². The summed E-state index contributed by atoms with van der Waals surface area (Å²) >= 11 is 1.01. The summed E-state index contributed by atoms with van der Waals surface area (Å²) in [7, 11) is 0. The van der Waals surface area contributed by atoms with Crippen LogP contribution in [-0.4, -0.2) is 45.0 Å². The first-order valence-corrected chi connectivity index (χ1v) is 10.5. The number of aliphatic hydroxyl groups is 2. The van der Waals surface area contributed by atoms with Crippen LogP contribution in [0.3, 0.4) is 0 Å². The maximum atomic E-state index is 11.9. The predicted octanol–water partition coefficient (Wildman–Crippen LogP) is 3.44. The van der Waals surface area contributed by atoms with Crippen LogP contribution in [0.15, 0.2) is 29.2 Å². The number of carbonyl (C=O) groups is 2. The van der Waals surface area contributed by atoms with E-state index in [1.54, 1.807) is 13.0 Å². The molecule has 3 fully saturated rings. The van der Waals surface area contributed by atoms with Crippen LogP contribution in [-0.2, 0) is 11.2 Å². The first-order valence-electron chi connectivity index (χ1n) is 9.65. The van der Waals surface area contributed by atoms with Gasteiger partial charge in [-0.05, 0) is 73.4 Å². The van der Waals surface area contributed by atoms with Gasteiger partial charge in [-0.2, -0.15) is 0 Å². The van der Waals surface area contributed by atoms with Crippen molar-refractivity contribution in [1.82, 2.24) is 4.90 Å². The highest BCUT2D eigenvalue weighted by Crippen LogP contribution is 2.44. The Kier molecular flexibility index (Phi) is 6.40. The Morgan fingerprint density at radius 2 is 1.67 bits per heavy atom. The van der Waals surface area contributed by atoms with Crippen LogP contribution in [0.5, 0.6) is 0 Å². The van der Waals surface area contributed by atoms with Gasteiger partial charge >= 0.3 is 0 Å². The highest BCUT2D eigenvalue weighted by molar-refractivity contribution is 8.18. The predicted molar refractivity (Wildman–Crippen MR) is 107 cm³/mol. The van der Waals surface area contributed by atoms with Crippen LogP contribution in [0.25, 0.3) is 6.08 Å². The number of hydrogen-bond acceptors (Lipinski definition) is 5. The van der Waals surface area contributed by atoms with Crippen LogP contribution in [0, 0.1) is 11.8 Å². The number of rotatable bonds is 3. The second-order valence-electron chi connectivity index (χ2n) is 7.34. The van der Waals surface area contributed by atoms with Gasteiger partial charge in [0.05, 0.1) is 17.1 Å². The van der Waals surface area contributed by atoms with Gasteiger partial charge in [-0.3, -0.25) is 14.5 Å². The summed E-state index contributed by atoms with van der Waals surface area (Å²) < 4.78 is 0. The van der Waals surface area contributed by atoms with Gasteiger partial charge in [0.25, 0.3) is 11.1 Å². The molecule has 2 bridgehead atoms. The Balaban J connectivity index is 0.000000193. The Labute approximate surface area is 164 Å². The second kappa shape index (κ2) is 8.59. The summed E-state index contributed by atoms with van der Waals surface area (Å²) in [5.74, 6) is 0.655. The zero-order chi connectivity index (χ0) is 19.6. The summed E-state index contributed by atoms with van der Waals surface area (Å²) in [5, 5.41) is 18.3. The van der Waals surface area contributed by atoms with Crippen molar-refractivity contribution in [2.24, 2.45) is 11.8 Å². The standard InChI is InChI=1S/C14H15NO2S.C7H12O2/c1-3-10-5-7-11(8-6-10)9-12-13(16)15(4-2)14(17)18-12;8-6-4-1-2-5(3-4)7(6)9/h5-9H,3-4H2,1-2H3;4-9H,1-3H2/b12-9-;. The van der Waals surface area contributed by atoms with Gasteiger partial charge in [0.15, 0.2) is 0 Å². The van der Waals surface area contributed by atoms with Crippen LogP contribution < -0.4 is 0 Å². The molecule has 0 radical (unpaired) electrons. The van der Waals surface area contributed by atoms with Gasteiger partial charge in [-0.15, -0.1) is 0 Å². The van der Waals surface area contributed by atoms with E-state index in [2.05, 4.69) is 6.92 Å². The van der Waals surface area contributed by atoms with Crippen molar-refractivity contribution >= 4 is 29.0 Å². The lowest BCUT2D eigenvalue weighted by atomic mass is 9.95. The number of nitrogens with zero attached hydrogens (tertiary/aromatic N) is 1. The largest absolute Gasteiger partial charge is 0.390 e. The molecule has 1 aromatic carbocycles. The molecule has 5 nitrogen and oxygen atoms in total. The minimum absolute atomic E-state index is 0.182. The molecule has 1 aromatic rings. The first-order chi connectivity index (χ1) is 12.9. The Bertz CT molecular complexity index is 712. The van der Waals surface area contributed by atoms with Gasteiger partial charge in [-0.25, -0.2) is 0 Å². The van der Waals surface area contributed by atoms with Crippen LogP contribution in [0.2, 0.25) is 0 Å². The normalized spacial score (nSPS) is 30.8. The number of likely N-dealkylation sites (N-methyl/N-ethyl adjacent to an activating group) is 1. The summed E-state index contributed by atoms with van der Waals surface area (Å²) in [6, 6.07) is 8.02. The van der Waals surface area contributed by atoms with Gasteiger partial charge in [-0.1, -0.05) is 31.2 Å². The molecule has 4 rings (SSSR count). The molecule has 4 unspecified atom stereocenters. The number of imide groups is 1. The first kappa shape index (κ1) is 20.1. The Morgan fingerprint density at radius 1 is 1.07 bits per heavy atom. The van der Waals surface area contributed by atoms with E-state index in [-0.39, 0.29) is 11.1 Å². The number of carbonyl (C=O) groups excluding carboxylic acids is 2. The molecule has 2 saturated carbocycles. The van der Waals surface area contributed by atoms with Crippen molar-refractivity contribution < 1.29 is 19.8 Å². The molecule has 1 saturated heterocycles. The monoisotopic (exact) mass is 389 g/mol. The lowest BCUT2D eigenvalue weighted by molar-refractivity contribution is -0.122. The number of aryl methyl sites for hydroxylation is 1. The highest BCUT2D eigenvalue weighted by atomic mass is 32.2. The maximum absolute atomic E-state index is 11.9. The lowest BCUT2D eigenvalue weighted by Gasteiger charge is -2.21. The molecule has 6 heteroatoms. The van der Waals surface area contributed by atoms with Crippen LogP contribution >= 0.6 is 11.8 Å². The fraction of sp³-hybridized carbons (Fsp3) is 0.524. The smallest absolute Gasteiger partial charge is 0.293 e. The number of hydrogen-bond donors (Lipinski definition) is 2. The highest BCUT2D eigenvalue weighted by Gasteiger charge is 2.45. The minimum atomic E-state index is -0.399. The van der Waals surface area contributed by atoms with E-state index in [4.69, 9.17) is 0 Å². The average Bonchev–Trinajstić information content (AvgIpc) is 3.33. The molecule has 2 N–H and O–H groups in total. The van der Waals surface area contributed by atoms with Gasteiger partial charge in [0.2, 0.25) is 0 Å². The van der Waals surface area contributed by atoms with Crippen molar-refractivity contribution in [3.8, 4) is 0 Å². The van der Waals surface area contributed by atoms with Crippen molar-refractivity contribution in [1.29, 1.82) is 0 Å². The molecule has 2 aliphatic carbocycles. The van der Waals surface area contributed by atoms with Gasteiger partial charge in [0, 0.05) is 6.54 Å². The van der Waals surface area contributed by atoms with Crippen molar-refractivity contribution in [2.45, 2.75) is 51.7 Å². The lowest BCUT2D eigenvalue weighted by Crippen LogP contribution is -2.31. The van der Waals surface area contributed by atoms with Crippen molar-refractivity contribution in [3.05, 3.63) is 40.3 Å². The zero-order valence-electron chi connectivity index (χ0n) is 15.8. The third-order valence-corrected chi connectivity index (χ3v) is 6.61. The van der Waals surface area contributed by atoms with E-state index in [0.717, 1.165) is 43.0 Å². The quantitative estimate of drug-likeness (QED) is 0.775. The fourth-order valence-corrected chi connectivity index (χ4v) is 4.91. The molecule has 1 aliphatic heterocycles. The third kappa shape index (κ3) is 4.28. The molecule has 1 heterocycles. The summed E-state index contributed by atoms with van der Waals surface area (Å²) in [5.41, 5.74) is 2.21. The van der Waals surface area contributed by atoms with E-state index >= 15 is 0 Å². The molecule has 4 atom stereocenters. The summed E-state index contributed by atoms with van der Waals surface area (Å²) in [4.78, 5) is 25.2. The maximum Gasteiger partial charge on any atom is 0.293 e. The van der Waals surface area contributed by atoms with Crippen LogP contribution in [0.1, 0.15) is 44.2 Å². The number of fused-ring (bicyclic) bond motifs is 2. The minimum Gasteiger partial charge on any atom is -0.390 e. The molecule has 27 heavy (non-hydrogen) atoms. The molecule has 3 aliphatic rings. The van der Waals surface area contributed by atoms with Gasteiger partial charge < -0.3 is 10.2 Å². The molecule has 0 spiro atoms. The number of benzene rings is 1. The fourth-order valence-electron chi connectivity index (χ4n) is 4.00. The van der Waals surface area contributed by atoms with E-state index < -0.39 is 12.2 Å². The number of amides is 2. The van der Waals surface area contributed by atoms with Gasteiger partial charge in [0.1, 0.15) is 0 Å². The zero-order valence-corrected chi connectivity index (χ0v) is 16.6.